The van der Waals surface area contributed by atoms with Crippen LogP contribution < -0.4 is 10.2 Å². The third-order valence-electron chi connectivity index (χ3n) is 5.27. The van der Waals surface area contributed by atoms with Gasteiger partial charge in [-0.25, -0.2) is 4.98 Å². The van der Waals surface area contributed by atoms with Crippen LogP contribution in [0.25, 0.3) is 10.9 Å². The molecule has 29 heavy (non-hydrogen) atoms. The van der Waals surface area contributed by atoms with Crippen molar-refractivity contribution in [3.05, 3.63) is 58.9 Å². The van der Waals surface area contributed by atoms with Crippen LogP contribution in [0.1, 0.15) is 29.2 Å². The van der Waals surface area contributed by atoms with Gasteiger partial charge in [0.15, 0.2) is 0 Å². The molecule has 1 aromatic carbocycles. The molecule has 6 heteroatoms. The van der Waals surface area contributed by atoms with Crippen molar-refractivity contribution in [1.29, 1.82) is 5.26 Å². The van der Waals surface area contributed by atoms with Gasteiger partial charge in [0.2, 0.25) is 0 Å². The van der Waals surface area contributed by atoms with Gasteiger partial charge in [-0.2, -0.15) is 5.26 Å². The van der Waals surface area contributed by atoms with Crippen molar-refractivity contribution in [3.8, 4) is 6.07 Å². The Kier molecular flexibility index (Phi) is 5.32. The molecule has 1 N–H and O–H groups in total. The highest BCUT2D eigenvalue weighted by Gasteiger charge is 2.18. The Bertz CT molecular complexity index is 1070. The molecule has 1 atom stereocenters. The lowest BCUT2D eigenvalue weighted by Gasteiger charge is -2.32. The monoisotopic (exact) mass is 387 g/mol. The molecule has 0 saturated carbocycles. The number of aromatic nitrogens is 2. The summed E-state index contributed by atoms with van der Waals surface area (Å²) >= 11 is 0. The molecule has 3 heterocycles. The van der Waals surface area contributed by atoms with E-state index in [1.165, 1.54) is 0 Å². The van der Waals surface area contributed by atoms with Crippen LogP contribution >= 0.6 is 0 Å². The van der Waals surface area contributed by atoms with Gasteiger partial charge in [0.25, 0.3) is 0 Å². The number of morpholine rings is 1. The Morgan fingerprint density at radius 2 is 2.10 bits per heavy atom. The first-order valence-corrected chi connectivity index (χ1v) is 9.90. The normalized spacial score (nSPS) is 16.6. The van der Waals surface area contributed by atoms with E-state index in [2.05, 4.69) is 64.4 Å². The van der Waals surface area contributed by atoms with Crippen molar-refractivity contribution >= 4 is 22.4 Å². The lowest BCUT2D eigenvalue weighted by molar-refractivity contribution is 0.0529. The average molecular weight is 387 g/mol. The standard InChI is InChI=1S/C23H25N5O/c1-15-8-16(2)22-20(9-15)23(19(10-24)13-27-22)26-12-18-4-5-21(25-11-18)28-6-7-29-17(3)14-28/h4-5,8-9,11,13,17H,6-7,12,14H2,1-3H3,(H,26,27). The molecule has 4 rings (SSSR count). The lowest BCUT2D eigenvalue weighted by Crippen LogP contribution is -2.41. The van der Waals surface area contributed by atoms with Crippen molar-refractivity contribution in [1.82, 2.24) is 9.97 Å². The van der Waals surface area contributed by atoms with Crippen LogP contribution in [0, 0.1) is 25.2 Å². The second-order valence-corrected chi connectivity index (χ2v) is 7.64. The minimum Gasteiger partial charge on any atom is -0.379 e. The molecule has 3 aromatic rings. The summed E-state index contributed by atoms with van der Waals surface area (Å²) in [5.41, 5.74) is 5.63. The molecule has 1 aliphatic rings. The van der Waals surface area contributed by atoms with Gasteiger partial charge in [0.1, 0.15) is 11.9 Å². The van der Waals surface area contributed by atoms with Crippen molar-refractivity contribution in [2.45, 2.75) is 33.4 Å². The second kappa shape index (κ2) is 8.06. The van der Waals surface area contributed by atoms with E-state index in [9.17, 15) is 5.26 Å². The summed E-state index contributed by atoms with van der Waals surface area (Å²) in [5, 5.41) is 14.0. The van der Waals surface area contributed by atoms with Gasteiger partial charge in [-0.05, 0) is 44.0 Å². The fourth-order valence-electron chi connectivity index (χ4n) is 3.86. The van der Waals surface area contributed by atoms with Gasteiger partial charge in [-0.1, -0.05) is 17.7 Å². The van der Waals surface area contributed by atoms with Crippen LogP contribution in [-0.2, 0) is 11.3 Å². The highest BCUT2D eigenvalue weighted by atomic mass is 16.5. The molecule has 2 aromatic heterocycles. The summed E-state index contributed by atoms with van der Waals surface area (Å²) in [6.45, 7) is 9.24. The van der Waals surface area contributed by atoms with Crippen LogP contribution in [0.5, 0.6) is 0 Å². The Balaban J connectivity index is 1.56. The predicted molar refractivity (Wildman–Crippen MR) is 115 cm³/mol. The second-order valence-electron chi connectivity index (χ2n) is 7.64. The molecule has 148 valence electrons. The van der Waals surface area contributed by atoms with E-state index in [1.807, 2.05) is 13.1 Å². The fraction of sp³-hybridized carbons (Fsp3) is 0.348. The summed E-state index contributed by atoms with van der Waals surface area (Å²) in [5.74, 6) is 0.974. The summed E-state index contributed by atoms with van der Waals surface area (Å²) in [6, 6.07) is 10.6. The first kappa shape index (κ1) is 19.2. The lowest BCUT2D eigenvalue weighted by atomic mass is 10.0. The zero-order chi connectivity index (χ0) is 20.4. The quantitative estimate of drug-likeness (QED) is 0.731. The first-order valence-electron chi connectivity index (χ1n) is 9.90. The van der Waals surface area contributed by atoms with E-state index in [-0.39, 0.29) is 6.10 Å². The van der Waals surface area contributed by atoms with Gasteiger partial charge >= 0.3 is 0 Å². The SMILES string of the molecule is Cc1cc(C)c2ncc(C#N)c(NCc3ccc(N4CCOC(C)C4)nc3)c2c1. The third kappa shape index (κ3) is 4.01. The Hall–Kier alpha value is -3.17. The van der Waals surface area contributed by atoms with Crippen LogP contribution in [0.15, 0.2) is 36.7 Å². The van der Waals surface area contributed by atoms with E-state index < -0.39 is 0 Å². The molecule has 1 unspecified atom stereocenters. The minimum absolute atomic E-state index is 0.225. The molecule has 6 nitrogen and oxygen atoms in total. The molecular formula is C23H25N5O. The van der Waals surface area contributed by atoms with E-state index in [4.69, 9.17) is 4.74 Å². The highest BCUT2D eigenvalue weighted by molar-refractivity contribution is 5.96. The number of hydrogen-bond acceptors (Lipinski definition) is 6. The molecule has 0 amide bonds. The number of fused-ring (bicyclic) bond motifs is 1. The number of pyridine rings is 2. The number of nitrogens with zero attached hydrogens (tertiary/aromatic N) is 4. The average Bonchev–Trinajstić information content (AvgIpc) is 2.72. The number of aryl methyl sites for hydroxylation is 2. The van der Waals surface area contributed by atoms with Crippen molar-refractivity contribution in [3.63, 3.8) is 0 Å². The molecule has 0 bridgehead atoms. The molecular weight excluding hydrogens is 362 g/mol. The number of nitrogens with one attached hydrogen (secondary N) is 1. The van der Waals surface area contributed by atoms with Gasteiger partial charge in [0.05, 0.1) is 29.5 Å². The van der Waals surface area contributed by atoms with Crippen LogP contribution in [0.4, 0.5) is 11.5 Å². The number of anilines is 2. The fourth-order valence-corrected chi connectivity index (χ4v) is 3.86. The zero-order valence-electron chi connectivity index (χ0n) is 17.1. The molecule has 0 spiro atoms. The van der Waals surface area contributed by atoms with Gasteiger partial charge in [0, 0.05) is 37.4 Å². The van der Waals surface area contributed by atoms with Gasteiger partial charge in [-0.3, -0.25) is 4.98 Å². The number of hydrogen-bond donors (Lipinski definition) is 1. The van der Waals surface area contributed by atoms with E-state index >= 15 is 0 Å². The summed E-state index contributed by atoms with van der Waals surface area (Å²) in [7, 11) is 0. The molecule has 0 radical (unpaired) electrons. The summed E-state index contributed by atoms with van der Waals surface area (Å²) < 4.78 is 5.60. The Morgan fingerprint density at radius 1 is 1.24 bits per heavy atom. The smallest absolute Gasteiger partial charge is 0.128 e. The summed E-state index contributed by atoms with van der Waals surface area (Å²) in [4.78, 5) is 11.4. The van der Waals surface area contributed by atoms with Crippen molar-refractivity contribution in [2.75, 3.05) is 29.9 Å². The van der Waals surface area contributed by atoms with Gasteiger partial charge in [-0.15, -0.1) is 0 Å². The number of nitriles is 1. The van der Waals surface area contributed by atoms with Crippen molar-refractivity contribution in [2.24, 2.45) is 0 Å². The molecule has 1 fully saturated rings. The first-order chi connectivity index (χ1) is 14.0. The number of benzene rings is 1. The zero-order valence-corrected chi connectivity index (χ0v) is 17.1. The third-order valence-corrected chi connectivity index (χ3v) is 5.27. The maximum atomic E-state index is 9.56. The van der Waals surface area contributed by atoms with Crippen molar-refractivity contribution < 1.29 is 4.74 Å². The van der Waals surface area contributed by atoms with E-state index in [1.54, 1.807) is 6.20 Å². The van der Waals surface area contributed by atoms with E-state index in [0.717, 1.165) is 58.8 Å². The molecule has 0 aliphatic carbocycles. The Morgan fingerprint density at radius 3 is 2.83 bits per heavy atom. The maximum Gasteiger partial charge on any atom is 0.128 e. The summed E-state index contributed by atoms with van der Waals surface area (Å²) in [6.07, 6.45) is 3.77. The molecule has 1 saturated heterocycles. The minimum atomic E-state index is 0.225. The van der Waals surface area contributed by atoms with Crippen LogP contribution in [0.3, 0.4) is 0 Å². The predicted octanol–water partition coefficient (Wildman–Crippen LogP) is 3.96. The van der Waals surface area contributed by atoms with Crippen LogP contribution in [0.2, 0.25) is 0 Å². The highest BCUT2D eigenvalue weighted by Crippen LogP contribution is 2.29. The number of rotatable bonds is 4. The largest absolute Gasteiger partial charge is 0.379 e. The topological polar surface area (TPSA) is 74.1 Å². The number of ether oxygens (including phenoxy) is 1. The van der Waals surface area contributed by atoms with Gasteiger partial charge < -0.3 is 15.0 Å². The molecule has 1 aliphatic heterocycles. The van der Waals surface area contributed by atoms with Crippen LogP contribution in [-0.4, -0.2) is 35.8 Å². The maximum absolute atomic E-state index is 9.56. The van der Waals surface area contributed by atoms with E-state index in [0.29, 0.717) is 12.1 Å². The Labute approximate surface area is 171 Å².